The zero-order valence-electron chi connectivity index (χ0n) is 10.1. The quantitative estimate of drug-likeness (QED) is 0.831. The molecule has 0 fully saturated rings. The number of nitrogens with one attached hydrogen (secondary N) is 1. The smallest absolute Gasteiger partial charge is 0.356 e. The van der Waals surface area contributed by atoms with E-state index < -0.39 is 29.3 Å². The Morgan fingerprint density at radius 2 is 2.05 bits per heavy atom. The van der Waals surface area contributed by atoms with Crippen LogP contribution in [0.2, 0.25) is 0 Å². The van der Waals surface area contributed by atoms with Crippen LogP contribution in [-0.4, -0.2) is 21.3 Å². The zero-order chi connectivity index (χ0) is 14.4. The van der Waals surface area contributed by atoms with Crippen molar-refractivity contribution in [3.05, 3.63) is 52.1 Å². The van der Waals surface area contributed by atoms with E-state index in [-0.39, 0.29) is 24.1 Å². The first kappa shape index (κ1) is 12.7. The number of carboxylic acid groups (broad SMARTS) is 1. The van der Waals surface area contributed by atoms with Gasteiger partial charge in [0.15, 0.2) is 17.3 Å². The topological polar surface area (TPSA) is 66.0 Å². The molecule has 4 nitrogen and oxygen atoms in total. The Bertz CT molecular complexity index is 712. The van der Waals surface area contributed by atoms with Crippen molar-refractivity contribution in [2.75, 3.05) is 0 Å². The number of carbonyl (C=O) groups is 1. The number of fused-ring (bicyclic) bond motifs is 1. The van der Waals surface area contributed by atoms with Crippen LogP contribution in [0.25, 0.3) is 0 Å². The molecule has 1 unspecified atom stereocenters. The van der Waals surface area contributed by atoms with Crippen molar-refractivity contribution < 1.29 is 23.1 Å². The molecule has 1 aliphatic carbocycles. The molecule has 3 rings (SSSR count). The molecular weight excluding hydrogens is 273 g/mol. The lowest BCUT2D eigenvalue weighted by Gasteiger charge is -2.11. The molecule has 1 aliphatic rings. The fourth-order valence-corrected chi connectivity index (χ4v) is 2.62. The van der Waals surface area contributed by atoms with Crippen molar-refractivity contribution in [1.82, 2.24) is 10.2 Å². The second-order valence-electron chi connectivity index (χ2n) is 4.73. The number of halogens is 3. The normalized spacial score (nSPS) is 17.2. The highest BCUT2D eigenvalue weighted by atomic mass is 19.2. The standard InChI is InChI=1S/C13H9F3N2O2/c14-6-3-7(11(16)9(15)4-6)5-1-8-10(2-5)17-18-12(8)13(19)20/h3-5H,1-2H2,(H,17,18)(H,19,20). The molecule has 0 amide bonds. The average Bonchev–Trinajstić information content (AvgIpc) is 2.92. The van der Waals surface area contributed by atoms with E-state index in [1.807, 2.05) is 0 Å². The van der Waals surface area contributed by atoms with Gasteiger partial charge >= 0.3 is 5.97 Å². The van der Waals surface area contributed by atoms with Crippen LogP contribution in [0, 0.1) is 17.5 Å². The van der Waals surface area contributed by atoms with Gasteiger partial charge in [0, 0.05) is 17.3 Å². The Morgan fingerprint density at radius 1 is 1.30 bits per heavy atom. The second kappa shape index (κ2) is 4.36. The number of hydrogen-bond acceptors (Lipinski definition) is 2. The summed E-state index contributed by atoms with van der Waals surface area (Å²) in [5.41, 5.74) is 0.825. The number of rotatable bonds is 2. The highest BCUT2D eigenvalue weighted by molar-refractivity contribution is 5.87. The number of aromatic carboxylic acids is 1. The third-order valence-electron chi connectivity index (χ3n) is 3.52. The monoisotopic (exact) mass is 282 g/mol. The number of aromatic amines is 1. The Kier molecular flexibility index (Phi) is 2.77. The summed E-state index contributed by atoms with van der Waals surface area (Å²) in [6.45, 7) is 0. The molecule has 0 saturated heterocycles. The Morgan fingerprint density at radius 3 is 2.75 bits per heavy atom. The minimum Gasteiger partial charge on any atom is -0.476 e. The lowest BCUT2D eigenvalue weighted by Crippen LogP contribution is -2.07. The van der Waals surface area contributed by atoms with Gasteiger partial charge < -0.3 is 5.11 Å². The molecule has 0 spiro atoms. The van der Waals surface area contributed by atoms with Gasteiger partial charge in [-0.2, -0.15) is 5.10 Å². The third-order valence-corrected chi connectivity index (χ3v) is 3.52. The SMILES string of the molecule is O=C(O)c1n[nH]c2c1CC(c1cc(F)cc(F)c1F)C2. The molecule has 20 heavy (non-hydrogen) atoms. The van der Waals surface area contributed by atoms with Crippen LogP contribution in [0.4, 0.5) is 13.2 Å². The fourth-order valence-electron chi connectivity index (χ4n) is 2.62. The summed E-state index contributed by atoms with van der Waals surface area (Å²) in [7, 11) is 0. The first-order valence-electron chi connectivity index (χ1n) is 5.91. The average molecular weight is 282 g/mol. The van der Waals surface area contributed by atoms with Crippen molar-refractivity contribution in [2.45, 2.75) is 18.8 Å². The largest absolute Gasteiger partial charge is 0.476 e. The first-order valence-corrected chi connectivity index (χ1v) is 5.91. The molecule has 1 heterocycles. The van der Waals surface area contributed by atoms with Crippen LogP contribution < -0.4 is 0 Å². The number of hydrogen-bond donors (Lipinski definition) is 2. The van der Waals surface area contributed by atoms with Crippen LogP contribution in [0.5, 0.6) is 0 Å². The summed E-state index contributed by atoms with van der Waals surface area (Å²) in [6.07, 6.45) is 0.461. The summed E-state index contributed by atoms with van der Waals surface area (Å²) in [5, 5.41) is 15.2. The number of H-pyrrole nitrogens is 1. The van der Waals surface area contributed by atoms with E-state index in [1.165, 1.54) is 0 Å². The lowest BCUT2D eigenvalue weighted by atomic mass is 9.95. The summed E-state index contributed by atoms with van der Waals surface area (Å²) < 4.78 is 40.2. The molecule has 104 valence electrons. The minimum atomic E-state index is -1.24. The first-order chi connectivity index (χ1) is 9.47. The zero-order valence-corrected chi connectivity index (χ0v) is 10.1. The Balaban J connectivity index is 1.98. The van der Waals surface area contributed by atoms with E-state index in [9.17, 15) is 18.0 Å². The van der Waals surface area contributed by atoms with Gasteiger partial charge in [0.05, 0.1) is 0 Å². The second-order valence-corrected chi connectivity index (χ2v) is 4.73. The predicted octanol–water partition coefficient (Wildman–Crippen LogP) is 2.41. The highest BCUT2D eigenvalue weighted by Crippen LogP contribution is 2.36. The Hall–Kier alpha value is -2.31. The molecule has 2 N–H and O–H groups in total. The fraction of sp³-hybridized carbons (Fsp3) is 0.231. The van der Waals surface area contributed by atoms with Gasteiger partial charge in [0.1, 0.15) is 5.82 Å². The molecule has 7 heteroatoms. The highest BCUT2D eigenvalue weighted by Gasteiger charge is 2.32. The molecule has 1 atom stereocenters. The maximum Gasteiger partial charge on any atom is 0.356 e. The van der Waals surface area contributed by atoms with Gasteiger partial charge in [-0.15, -0.1) is 0 Å². The van der Waals surface area contributed by atoms with Gasteiger partial charge in [-0.1, -0.05) is 0 Å². The van der Waals surface area contributed by atoms with Gasteiger partial charge in [0.25, 0.3) is 0 Å². The van der Waals surface area contributed by atoms with Gasteiger partial charge in [0.2, 0.25) is 0 Å². The molecule has 0 radical (unpaired) electrons. The molecular formula is C13H9F3N2O2. The lowest BCUT2D eigenvalue weighted by molar-refractivity contribution is 0.0689. The Labute approximate surface area is 111 Å². The molecule has 2 aromatic rings. The molecule has 0 aliphatic heterocycles. The van der Waals surface area contributed by atoms with E-state index in [0.717, 1.165) is 6.07 Å². The summed E-state index contributed by atoms with van der Waals surface area (Å²) in [4.78, 5) is 11.0. The third kappa shape index (κ3) is 1.86. The van der Waals surface area contributed by atoms with Crippen LogP contribution in [0.3, 0.4) is 0 Å². The molecule has 1 aromatic heterocycles. The van der Waals surface area contributed by atoms with Crippen molar-refractivity contribution in [1.29, 1.82) is 0 Å². The molecule has 1 aromatic carbocycles. The number of carboxylic acids is 1. The van der Waals surface area contributed by atoms with Crippen LogP contribution >= 0.6 is 0 Å². The number of benzene rings is 1. The maximum absolute atomic E-state index is 13.7. The summed E-state index contributed by atoms with van der Waals surface area (Å²) in [6, 6.07) is 1.43. The number of aromatic nitrogens is 2. The van der Waals surface area contributed by atoms with Crippen molar-refractivity contribution >= 4 is 5.97 Å². The molecule has 0 bridgehead atoms. The van der Waals surface area contributed by atoms with E-state index in [1.54, 1.807) is 0 Å². The van der Waals surface area contributed by atoms with Crippen LogP contribution in [0.1, 0.15) is 33.2 Å². The maximum atomic E-state index is 13.7. The van der Waals surface area contributed by atoms with Crippen molar-refractivity contribution in [2.24, 2.45) is 0 Å². The van der Waals surface area contributed by atoms with Gasteiger partial charge in [-0.3, -0.25) is 5.10 Å². The van der Waals surface area contributed by atoms with E-state index >= 15 is 0 Å². The van der Waals surface area contributed by atoms with Crippen molar-refractivity contribution in [3.8, 4) is 0 Å². The van der Waals surface area contributed by atoms with E-state index in [0.29, 0.717) is 17.3 Å². The number of nitrogens with zero attached hydrogens (tertiary/aromatic N) is 1. The molecule has 0 saturated carbocycles. The van der Waals surface area contributed by atoms with Crippen LogP contribution in [0.15, 0.2) is 12.1 Å². The van der Waals surface area contributed by atoms with Gasteiger partial charge in [-0.05, 0) is 30.4 Å². The van der Waals surface area contributed by atoms with E-state index in [2.05, 4.69) is 10.2 Å². The van der Waals surface area contributed by atoms with E-state index in [4.69, 9.17) is 5.11 Å². The van der Waals surface area contributed by atoms with Crippen LogP contribution in [-0.2, 0) is 12.8 Å². The predicted molar refractivity (Wildman–Crippen MR) is 62.0 cm³/mol. The summed E-state index contributed by atoms with van der Waals surface area (Å²) in [5.74, 6) is -4.87. The minimum absolute atomic E-state index is 0.0801. The summed E-state index contributed by atoms with van der Waals surface area (Å²) >= 11 is 0. The van der Waals surface area contributed by atoms with Gasteiger partial charge in [-0.25, -0.2) is 18.0 Å². The van der Waals surface area contributed by atoms with Crippen molar-refractivity contribution in [3.63, 3.8) is 0 Å².